The van der Waals surface area contributed by atoms with Gasteiger partial charge in [0.25, 0.3) is 0 Å². The first-order valence-electron chi connectivity index (χ1n) is 8.39. The van der Waals surface area contributed by atoms with E-state index in [1.165, 1.54) is 0 Å². The van der Waals surface area contributed by atoms with Crippen LogP contribution in [0.1, 0.15) is 46.0 Å². The molecule has 2 heterocycles. The van der Waals surface area contributed by atoms with Gasteiger partial charge in [-0.2, -0.15) is 0 Å². The molecule has 2 saturated heterocycles. The van der Waals surface area contributed by atoms with E-state index in [1.54, 1.807) is 0 Å². The summed E-state index contributed by atoms with van der Waals surface area (Å²) in [5.74, 6) is 0.516. The molecule has 5 heteroatoms. The van der Waals surface area contributed by atoms with E-state index in [0.717, 1.165) is 45.3 Å². The largest absolute Gasteiger partial charge is 0.342 e. The van der Waals surface area contributed by atoms with Crippen molar-refractivity contribution < 1.29 is 9.59 Å². The van der Waals surface area contributed by atoms with Crippen LogP contribution in [0, 0.1) is 5.92 Å². The summed E-state index contributed by atoms with van der Waals surface area (Å²) in [5.41, 5.74) is -0.665. The van der Waals surface area contributed by atoms with Crippen LogP contribution in [0.25, 0.3) is 0 Å². The molecule has 5 nitrogen and oxygen atoms in total. The van der Waals surface area contributed by atoms with Crippen molar-refractivity contribution in [2.75, 3.05) is 26.2 Å². The second kappa shape index (κ2) is 5.59. The van der Waals surface area contributed by atoms with E-state index in [9.17, 15) is 9.59 Å². The average Bonchev–Trinajstić information content (AvgIpc) is 3.31. The number of nitrogens with zero attached hydrogens (tertiary/aromatic N) is 2. The predicted molar refractivity (Wildman–Crippen MR) is 80.7 cm³/mol. The lowest BCUT2D eigenvalue weighted by Gasteiger charge is -2.41. The molecule has 0 bridgehead atoms. The third-order valence-electron chi connectivity index (χ3n) is 5.45. The van der Waals surface area contributed by atoms with Gasteiger partial charge in [0.1, 0.15) is 5.54 Å². The maximum atomic E-state index is 13.1. The monoisotopic (exact) mass is 293 g/mol. The van der Waals surface area contributed by atoms with Crippen LogP contribution in [-0.2, 0) is 9.59 Å². The summed E-state index contributed by atoms with van der Waals surface area (Å²) in [7, 11) is 0. The van der Waals surface area contributed by atoms with Gasteiger partial charge in [-0.3, -0.25) is 9.59 Å². The summed E-state index contributed by atoms with van der Waals surface area (Å²) in [6.07, 6.45) is 4.77. The normalized spacial score (nSPS) is 35.5. The van der Waals surface area contributed by atoms with Crippen LogP contribution in [0.15, 0.2) is 0 Å². The van der Waals surface area contributed by atoms with Gasteiger partial charge in [-0.1, -0.05) is 6.92 Å². The maximum absolute atomic E-state index is 13.1. The number of carbonyl (C=O) groups is 2. The Morgan fingerprint density at radius 1 is 1.24 bits per heavy atom. The van der Waals surface area contributed by atoms with Crippen molar-refractivity contribution in [3.05, 3.63) is 0 Å². The van der Waals surface area contributed by atoms with Gasteiger partial charge in [-0.05, 0) is 51.6 Å². The van der Waals surface area contributed by atoms with Crippen LogP contribution >= 0.6 is 0 Å². The third kappa shape index (κ3) is 2.80. The van der Waals surface area contributed by atoms with E-state index in [4.69, 9.17) is 0 Å². The van der Waals surface area contributed by atoms with Gasteiger partial charge in [-0.25, -0.2) is 0 Å². The molecule has 1 aliphatic carbocycles. The molecule has 3 aliphatic rings. The molecule has 21 heavy (non-hydrogen) atoms. The summed E-state index contributed by atoms with van der Waals surface area (Å²) >= 11 is 0. The highest BCUT2D eigenvalue weighted by atomic mass is 16.2. The zero-order valence-electron chi connectivity index (χ0n) is 13.2. The van der Waals surface area contributed by atoms with Gasteiger partial charge in [0, 0.05) is 25.6 Å². The van der Waals surface area contributed by atoms with Crippen LogP contribution < -0.4 is 5.32 Å². The zero-order chi connectivity index (χ0) is 15.0. The highest BCUT2D eigenvalue weighted by Gasteiger charge is 2.52. The Labute approximate surface area is 127 Å². The van der Waals surface area contributed by atoms with Crippen LogP contribution in [-0.4, -0.2) is 59.4 Å². The number of amides is 2. The minimum atomic E-state index is -0.665. The van der Waals surface area contributed by atoms with Crippen molar-refractivity contribution in [1.82, 2.24) is 15.1 Å². The van der Waals surface area contributed by atoms with E-state index in [1.807, 2.05) is 11.8 Å². The molecule has 0 aromatic rings. The number of nitrogens with one attached hydrogen (secondary N) is 1. The van der Waals surface area contributed by atoms with Crippen LogP contribution in [0.2, 0.25) is 0 Å². The average molecular weight is 293 g/mol. The second-order valence-corrected chi connectivity index (χ2v) is 6.96. The molecule has 0 aromatic heterocycles. The van der Waals surface area contributed by atoms with E-state index < -0.39 is 5.54 Å². The summed E-state index contributed by atoms with van der Waals surface area (Å²) in [6.45, 7) is 7.81. The van der Waals surface area contributed by atoms with Gasteiger partial charge >= 0.3 is 0 Å². The number of rotatable bonds is 3. The molecule has 2 unspecified atom stereocenters. The van der Waals surface area contributed by atoms with Crippen LogP contribution in [0.5, 0.6) is 0 Å². The Kier molecular flexibility index (Phi) is 3.95. The standard InChI is InChI=1S/C16H27N3O2/c1-3-18-9-4-5-13(11-18)19-10-8-14(20)17-16(2,15(19)21)12-6-7-12/h12-13H,3-11H2,1-2H3,(H,17,20). The maximum Gasteiger partial charge on any atom is 0.248 e. The van der Waals surface area contributed by atoms with Gasteiger partial charge < -0.3 is 15.1 Å². The van der Waals surface area contributed by atoms with Crippen molar-refractivity contribution in [3.63, 3.8) is 0 Å². The fourth-order valence-electron chi connectivity index (χ4n) is 3.89. The Morgan fingerprint density at radius 2 is 2.00 bits per heavy atom. The molecule has 2 aliphatic heterocycles. The van der Waals surface area contributed by atoms with E-state index >= 15 is 0 Å². The number of likely N-dealkylation sites (tertiary alicyclic amines) is 1. The molecule has 1 N–H and O–H groups in total. The zero-order valence-corrected chi connectivity index (χ0v) is 13.2. The summed E-state index contributed by atoms with van der Waals surface area (Å²) in [4.78, 5) is 29.5. The molecule has 2 amide bonds. The molecule has 3 rings (SSSR count). The lowest BCUT2D eigenvalue weighted by Crippen LogP contribution is -2.60. The van der Waals surface area contributed by atoms with Crippen molar-refractivity contribution in [3.8, 4) is 0 Å². The minimum Gasteiger partial charge on any atom is -0.342 e. The smallest absolute Gasteiger partial charge is 0.248 e. The van der Waals surface area contributed by atoms with Gasteiger partial charge in [0.2, 0.25) is 11.8 Å². The molecule has 3 fully saturated rings. The first kappa shape index (κ1) is 14.8. The lowest BCUT2D eigenvalue weighted by molar-refractivity contribution is -0.142. The topological polar surface area (TPSA) is 52.6 Å². The van der Waals surface area contributed by atoms with Gasteiger partial charge in [0.05, 0.1) is 0 Å². The quantitative estimate of drug-likeness (QED) is 0.844. The Hall–Kier alpha value is -1.10. The highest BCUT2D eigenvalue weighted by Crippen LogP contribution is 2.41. The van der Waals surface area contributed by atoms with Gasteiger partial charge in [-0.15, -0.1) is 0 Å². The second-order valence-electron chi connectivity index (χ2n) is 6.96. The number of hydrogen-bond donors (Lipinski definition) is 1. The number of hydrogen-bond acceptors (Lipinski definition) is 3. The molecule has 2 atom stereocenters. The number of carbonyl (C=O) groups excluding carboxylic acids is 2. The predicted octanol–water partition coefficient (Wildman–Crippen LogP) is 0.988. The van der Waals surface area contributed by atoms with E-state index in [0.29, 0.717) is 18.9 Å². The summed E-state index contributed by atoms with van der Waals surface area (Å²) in [6, 6.07) is 0.275. The number of likely N-dealkylation sites (N-methyl/N-ethyl adjacent to an activating group) is 1. The Morgan fingerprint density at radius 3 is 2.67 bits per heavy atom. The highest BCUT2D eigenvalue weighted by molar-refractivity contribution is 5.94. The van der Waals surface area contributed by atoms with E-state index in [-0.39, 0.29) is 17.9 Å². The minimum absolute atomic E-state index is 0.0309. The number of piperidine rings is 1. The molecule has 1 saturated carbocycles. The van der Waals surface area contributed by atoms with Gasteiger partial charge in [0.15, 0.2) is 0 Å². The van der Waals surface area contributed by atoms with E-state index in [2.05, 4.69) is 17.1 Å². The molecule has 0 radical (unpaired) electrons. The molecule has 118 valence electrons. The van der Waals surface area contributed by atoms with Crippen molar-refractivity contribution in [1.29, 1.82) is 0 Å². The SMILES string of the molecule is CCN1CCCC(N2CCC(=O)NC(C)(C3CC3)C2=O)C1. The van der Waals surface area contributed by atoms with Crippen molar-refractivity contribution >= 4 is 11.8 Å². The third-order valence-corrected chi connectivity index (χ3v) is 5.45. The summed E-state index contributed by atoms with van der Waals surface area (Å²) < 4.78 is 0. The molecule has 0 aromatic carbocycles. The molecule has 0 spiro atoms. The van der Waals surface area contributed by atoms with Crippen LogP contribution in [0.4, 0.5) is 0 Å². The fraction of sp³-hybridized carbons (Fsp3) is 0.875. The summed E-state index contributed by atoms with van der Waals surface area (Å²) in [5, 5.41) is 3.02. The fourth-order valence-corrected chi connectivity index (χ4v) is 3.89. The first-order valence-corrected chi connectivity index (χ1v) is 8.39. The van der Waals surface area contributed by atoms with Crippen LogP contribution in [0.3, 0.4) is 0 Å². The first-order chi connectivity index (χ1) is 10.0. The molecular weight excluding hydrogens is 266 g/mol. The lowest BCUT2D eigenvalue weighted by atomic mass is 9.92. The Balaban J connectivity index is 1.80. The Bertz CT molecular complexity index is 435. The molecular formula is C16H27N3O2. The van der Waals surface area contributed by atoms with Crippen molar-refractivity contribution in [2.45, 2.75) is 57.5 Å². The van der Waals surface area contributed by atoms with Crippen molar-refractivity contribution in [2.24, 2.45) is 5.92 Å².